The minimum Gasteiger partial charge on any atom is -0.489 e. The number of rotatable bonds is 3. The zero-order valence-corrected chi connectivity index (χ0v) is 10.0. The van der Waals surface area contributed by atoms with Crippen LogP contribution < -0.4 is 4.74 Å². The van der Waals surface area contributed by atoms with Gasteiger partial charge in [0.2, 0.25) is 0 Å². The number of hydrogen-bond acceptors (Lipinski definition) is 2. The summed E-state index contributed by atoms with van der Waals surface area (Å²) in [6, 6.07) is 7.98. The van der Waals surface area contributed by atoms with Gasteiger partial charge >= 0.3 is 0 Å². The lowest BCUT2D eigenvalue weighted by atomic mass is 10.2. The van der Waals surface area contributed by atoms with E-state index in [-0.39, 0.29) is 5.82 Å². The van der Waals surface area contributed by atoms with Crippen molar-refractivity contribution in [3.63, 3.8) is 0 Å². The van der Waals surface area contributed by atoms with Gasteiger partial charge in [-0.3, -0.25) is 0 Å². The molecule has 4 heteroatoms. The van der Waals surface area contributed by atoms with E-state index in [1.165, 1.54) is 12.1 Å². The predicted molar refractivity (Wildman–Crippen MR) is 64.7 cm³/mol. The van der Waals surface area contributed by atoms with Crippen LogP contribution in [0.4, 0.5) is 4.39 Å². The maximum atomic E-state index is 12.9. The predicted octanol–water partition coefficient (Wildman–Crippen LogP) is 3.76. The molecule has 1 heterocycles. The van der Waals surface area contributed by atoms with E-state index >= 15 is 0 Å². The Kier molecular flexibility index (Phi) is 3.59. The molecule has 0 aliphatic carbocycles. The number of hydrogen-bond donors (Lipinski definition) is 0. The minimum absolute atomic E-state index is 0.261. The van der Waals surface area contributed by atoms with Gasteiger partial charge in [0.15, 0.2) is 0 Å². The molecule has 2 rings (SSSR count). The normalized spacial score (nSPS) is 10.3. The van der Waals surface area contributed by atoms with Crippen molar-refractivity contribution in [2.45, 2.75) is 13.5 Å². The molecule has 1 aromatic heterocycles. The molecule has 88 valence electrons. The third-order valence-corrected chi connectivity index (χ3v) is 2.54. The van der Waals surface area contributed by atoms with Crippen LogP contribution in [-0.4, -0.2) is 4.98 Å². The van der Waals surface area contributed by atoms with Crippen LogP contribution in [0, 0.1) is 12.7 Å². The van der Waals surface area contributed by atoms with Gasteiger partial charge in [0, 0.05) is 11.8 Å². The molecule has 0 aliphatic rings. The maximum absolute atomic E-state index is 12.9. The van der Waals surface area contributed by atoms with Crippen molar-refractivity contribution in [1.82, 2.24) is 4.98 Å². The molecule has 0 radical (unpaired) electrons. The van der Waals surface area contributed by atoms with Gasteiger partial charge < -0.3 is 4.74 Å². The highest BCUT2D eigenvalue weighted by atomic mass is 35.5. The first-order chi connectivity index (χ1) is 8.15. The third kappa shape index (κ3) is 3.17. The van der Waals surface area contributed by atoms with Crippen molar-refractivity contribution in [2.75, 3.05) is 0 Å². The molecule has 2 aromatic rings. The molecular formula is C13H11ClFNO. The lowest BCUT2D eigenvalue weighted by Gasteiger charge is -2.08. The van der Waals surface area contributed by atoms with Crippen molar-refractivity contribution >= 4 is 11.6 Å². The van der Waals surface area contributed by atoms with Gasteiger partial charge in [-0.2, -0.15) is 0 Å². The molecule has 2 nitrogen and oxygen atoms in total. The summed E-state index contributed by atoms with van der Waals surface area (Å²) in [4.78, 5) is 3.95. The van der Waals surface area contributed by atoms with E-state index in [1.807, 2.05) is 6.07 Å². The van der Waals surface area contributed by atoms with E-state index in [0.717, 1.165) is 11.1 Å². The summed E-state index contributed by atoms with van der Waals surface area (Å²) >= 11 is 5.68. The summed E-state index contributed by atoms with van der Waals surface area (Å²) in [5.41, 5.74) is 1.69. The smallest absolute Gasteiger partial charge is 0.129 e. The fourth-order valence-corrected chi connectivity index (χ4v) is 1.54. The van der Waals surface area contributed by atoms with Crippen LogP contribution in [0.15, 0.2) is 36.5 Å². The van der Waals surface area contributed by atoms with Crippen LogP contribution >= 0.6 is 11.6 Å². The van der Waals surface area contributed by atoms with E-state index in [2.05, 4.69) is 4.98 Å². The number of aryl methyl sites for hydroxylation is 1. The van der Waals surface area contributed by atoms with Gasteiger partial charge in [0.1, 0.15) is 23.3 Å². The van der Waals surface area contributed by atoms with Crippen molar-refractivity contribution in [1.29, 1.82) is 0 Å². The summed E-state index contributed by atoms with van der Waals surface area (Å²) in [7, 11) is 0. The van der Waals surface area contributed by atoms with E-state index in [4.69, 9.17) is 16.3 Å². The summed E-state index contributed by atoms with van der Waals surface area (Å²) in [6.07, 6.45) is 1.65. The first-order valence-corrected chi connectivity index (χ1v) is 5.52. The van der Waals surface area contributed by atoms with Gasteiger partial charge in [-0.05, 0) is 36.8 Å². The lowest BCUT2D eigenvalue weighted by molar-refractivity contribution is 0.303. The zero-order valence-electron chi connectivity index (χ0n) is 9.28. The minimum atomic E-state index is -0.261. The van der Waals surface area contributed by atoms with Gasteiger partial charge in [-0.15, -0.1) is 0 Å². The molecule has 0 fully saturated rings. The molecule has 0 aliphatic heterocycles. The number of nitrogens with zero attached hydrogens (tertiary/aromatic N) is 1. The quantitative estimate of drug-likeness (QED) is 0.775. The molecule has 1 aromatic carbocycles. The highest BCUT2D eigenvalue weighted by molar-refractivity contribution is 6.29. The Labute approximate surface area is 104 Å². The molecular weight excluding hydrogens is 241 g/mol. The molecule has 0 bridgehead atoms. The van der Waals surface area contributed by atoms with E-state index < -0.39 is 0 Å². The molecule has 0 saturated heterocycles. The molecule has 0 N–H and O–H groups in total. The standard InChI is InChI=1S/C13H11ClFNO/c1-9-6-11(15)3-4-12(9)17-8-10-2-5-13(14)16-7-10/h2-7H,8H2,1H3. The second kappa shape index (κ2) is 5.15. The van der Waals surface area contributed by atoms with Crippen LogP contribution in [0.1, 0.15) is 11.1 Å². The highest BCUT2D eigenvalue weighted by Gasteiger charge is 2.02. The first kappa shape index (κ1) is 11.9. The topological polar surface area (TPSA) is 22.1 Å². The average Bonchev–Trinajstić information content (AvgIpc) is 2.30. The fourth-order valence-electron chi connectivity index (χ4n) is 1.43. The summed E-state index contributed by atoms with van der Waals surface area (Å²) < 4.78 is 18.4. The van der Waals surface area contributed by atoms with Crippen molar-refractivity contribution in [3.8, 4) is 5.75 Å². The number of ether oxygens (including phenoxy) is 1. The van der Waals surface area contributed by atoms with Crippen LogP contribution in [0.3, 0.4) is 0 Å². The van der Waals surface area contributed by atoms with Gasteiger partial charge in [-0.25, -0.2) is 9.37 Å². The Morgan fingerprint density at radius 1 is 1.29 bits per heavy atom. The Morgan fingerprint density at radius 2 is 2.12 bits per heavy atom. The summed E-state index contributed by atoms with van der Waals surface area (Å²) in [5.74, 6) is 0.407. The molecule has 17 heavy (non-hydrogen) atoms. The van der Waals surface area contributed by atoms with Crippen molar-refractivity contribution in [3.05, 3.63) is 58.6 Å². The fraction of sp³-hybridized carbons (Fsp3) is 0.154. The monoisotopic (exact) mass is 251 g/mol. The largest absolute Gasteiger partial charge is 0.489 e. The first-order valence-electron chi connectivity index (χ1n) is 5.14. The van der Waals surface area contributed by atoms with Crippen LogP contribution in [0.2, 0.25) is 5.15 Å². The number of halogens is 2. The Bertz CT molecular complexity index is 513. The summed E-state index contributed by atoms with van der Waals surface area (Å²) in [6.45, 7) is 2.19. The van der Waals surface area contributed by atoms with E-state index in [9.17, 15) is 4.39 Å². The van der Waals surface area contributed by atoms with Gasteiger partial charge in [0.25, 0.3) is 0 Å². The Balaban J connectivity index is 2.04. The molecule has 0 saturated carbocycles. The molecule has 0 amide bonds. The van der Waals surface area contributed by atoms with Crippen LogP contribution in [0.5, 0.6) is 5.75 Å². The van der Waals surface area contributed by atoms with Gasteiger partial charge in [-0.1, -0.05) is 17.7 Å². The average molecular weight is 252 g/mol. The number of benzene rings is 1. The third-order valence-electron chi connectivity index (χ3n) is 2.32. The highest BCUT2D eigenvalue weighted by Crippen LogP contribution is 2.19. The molecule has 0 atom stereocenters. The Morgan fingerprint density at radius 3 is 2.76 bits per heavy atom. The second-order valence-corrected chi connectivity index (χ2v) is 4.07. The van der Waals surface area contributed by atoms with Crippen LogP contribution in [-0.2, 0) is 6.61 Å². The maximum Gasteiger partial charge on any atom is 0.129 e. The number of pyridine rings is 1. The Hall–Kier alpha value is -1.61. The van der Waals surface area contributed by atoms with Crippen LogP contribution in [0.25, 0.3) is 0 Å². The summed E-state index contributed by atoms with van der Waals surface area (Å²) in [5, 5.41) is 0.451. The zero-order chi connectivity index (χ0) is 12.3. The van der Waals surface area contributed by atoms with Crippen molar-refractivity contribution in [2.24, 2.45) is 0 Å². The van der Waals surface area contributed by atoms with E-state index in [0.29, 0.717) is 17.5 Å². The molecule has 0 spiro atoms. The van der Waals surface area contributed by atoms with E-state index in [1.54, 1.807) is 25.3 Å². The van der Waals surface area contributed by atoms with Crippen molar-refractivity contribution < 1.29 is 9.13 Å². The lowest BCUT2D eigenvalue weighted by Crippen LogP contribution is -1.97. The number of aromatic nitrogens is 1. The van der Waals surface area contributed by atoms with Gasteiger partial charge in [0.05, 0.1) is 0 Å². The molecule has 0 unspecified atom stereocenters. The second-order valence-electron chi connectivity index (χ2n) is 3.69. The SMILES string of the molecule is Cc1cc(F)ccc1OCc1ccc(Cl)nc1.